The predicted octanol–water partition coefficient (Wildman–Crippen LogP) is 2.79. The molecule has 3 heteroatoms. The highest BCUT2D eigenvalue weighted by Crippen LogP contribution is 2.38. The molecule has 0 N–H and O–H groups in total. The summed E-state index contributed by atoms with van der Waals surface area (Å²) in [6, 6.07) is 0.693. The molecule has 2 rings (SSSR count). The lowest BCUT2D eigenvalue weighted by atomic mass is 9.87. The summed E-state index contributed by atoms with van der Waals surface area (Å²) in [7, 11) is 0. The Morgan fingerprint density at radius 2 is 1.65 bits per heavy atom. The largest absolute Gasteiger partial charge is 0.348 e. The molecule has 1 saturated heterocycles. The van der Waals surface area contributed by atoms with Crippen LogP contribution in [-0.2, 0) is 9.47 Å². The molecular weight excluding hydrogens is 214 g/mol. The van der Waals surface area contributed by atoms with E-state index < -0.39 is 0 Å². The molecule has 0 unspecified atom stereocenters. The zero-order valence-corrected chi connectivity index (χ0v) is 11.8. The fraction of sp³-hybridized carbons (Fsp3) is 1.00. The second-order valence-corrected chi connectivity index (χ2v) is 6.30. The zero-order valence-electron chi connectivity index (χ0n) is 11.8. The van der Waals surface area contributed by atoms with E-state index in [9.17, 15) is 0 Å². The molecule has 1 aliphatic heterocycles. The molecule has 0 aromatic carbocycles. The van der Waals surface area contributed by atoms with Crippen molar-refractivity contribution in [2.45, 2.75) is 70.7 Å². The second-order valence-electron chi connectivity index (χ2n) is 6.30. The Morgan fingerprint density at radius 3 is 2.06 bits per heavy atom. The van der Waals surface area contributed by atoms with Crippen molar-refractivity contribution in [3.05, 3.63) is 0 Å². The number of hydrogen-bond acceptors (Lipinski definition) is 3. The SMILES string of the molecule is CCN(C1CCC2(CC1)OCCO2)C(C)(C)C. The molecule has 0 atom stereocenters. The first-order chi connectivity index (χ1) is 7.97. The van der Waals surface area contributed by atoms with Gasteiger partial charge >= 0.3 is 0 Å². The topological polar surface area (TPSA) is 21.7 Å². The smallest absolute Gasteiger partial charge is 0.168 e. The lowest BCUT2D eigenvalue weighted by Gasteiger charge is -2.45. The molecule has 0 aromatic heterocycles. The predicted molar refractivity (Wildman–Crippen MR) is 69.0 cm³/mol. The molecular formula is C14H27NO2. The van der Waals surface area contributed by atoms with Gasteiger partial charge in [0.25, 0.3) is 0 Å². The maximum absolute atomic E-state index is 5.79. The lowest BCUT2D eigenvalue weighted by Crippen LogP contribution is -2.51. The number of rotatable bonds is 2. The summed E-state index contributed by atoms with van der Waals surface area (Å²) in [4.78, 5) is 2.62. The molecule has 2 aliphatic rings. The summed E-state index contributed by atoms with van der Waals surface area (Å²) >= 11 is 0. The van der Waals surface area contributed by atoms with E-state index in [4.69, 9.17) is 9.47 Å². The molecule has 0 amide bonds. The van der Waals surface area contributed by atoms with Crippen molar-refractivity contribution in [2.75, 3.05) is 19.8 Å². The van der Waals surface area contributed by atoms with Gasteiger partial charge in [-0.25, -0.2) is 0 Å². The average molecular weight is 241 g/mol. The highest BCUT2D eigenvalue weighted by atomic mass is 16.7. The van der Waals surface area contributed by atoms with Crippen LogP contribution in [0.1, 0.15) is 53.4 Å². The summed E-state index contributed by atoms with van der Waals surface area (Å²) in [5.74, 6) is -0.214. The van der Waals surface area contributed by atoms with Crippen molar-refractivity contribution < 1.29 is 9.47 Å². The van der Waals surface area contributed by atoms with E-state index in [1.165, 1.54) is 12.8 Å². The molecule has 1 heterocycles. The van der Waals surface area contributed by atoms with Crippen LogP contribution in [0.3, 0.4) is 0 Å². The summed E-state index contributed by atoms with van der Waals surface area (Å²) in [6.07, 6.45) is 4.52. The lowest BCUT2D eigenvalue weighted by molar-refractivity contribution is -0.186. The van der Waals surface area contributed by atoms with Crippen LogP contribution in [0.4, 0.5) is 0 Å². The molecule has 0 aromatic rings. The van der Waals surface area contributed by atoms with Crippen molar-refractivity contribution in [2.24, 2.45) is 0 Å². The van der Waals surface area contributed by atoms with E-state index in [0.717, 1.165) is 32.6 Å². The van der Waals surface area contributed by atoms with Gasteiger partial charge in [0.15, 0.2) is 5.79 Å². The van der Waals surface area contributed by atoms with Gasteiger partial charge in [-0.05, 0) is 40.2 Å². The van der Waals surface area contributed by atoms with Crippen LogP contribution in [0, 0.1) is 0 Å². The van der Waals surface area contributed by atoms with Gasteiger partial charge < -0.3 is 9.47 Å². The molecule has 0 bridgehead atoms. The first kappa shape index (κ1) is 13.3. The highest BCUT2D eigenvalue weighted by molar-refractivity contribution is 4.90. The molecule has 100 valence electrons. The third kappa shape index (κ3) is 2.83. The molecule has 17 heavy (non-hydrogen) atoms. The first-order valence-electron chi connectivity index (χ1n) is 7.01. The van der Waals surface area contributed by atoms with E-state index in [1.54, 1.807) is 0 Å². The van der Waals surface area contributed by atoms with Crippen LogP contribution in [0.15, 0.2) is 0 Å². The van der Waals surface area contributed by atoms with Gasteiger partial charge in [0.1, 0.15) is 0 Å². The van der Waals surface area contributed by atoms with E-state index >= 15 is 0 Å². The maximum Gasteiger partial charge on any atom is 0.168 e. The molecule has 2 fully saturated rings. The third-order valence-electron chi connectivity index (χ3n) is 4.17. The van der Waals surface area contributed by atoms with Crippen LogP contribution in [0.5, 0.6) is 0 Å². The van der Waals surface area contributed by atoms with Gasteiger partial charge in [0.2, 0.25) is 0 Å². The molecule has 3 nitrogen and oxygen atoms in total. The minimum absolute atomic E-state index is 0.214. The van der Waals surface area contributed by atoms with Crippen molar-refractivity contribution >= 4 is 0 Å². The minimum Gasteiger partial charge on any atom is -0.348 e. The van der Waals surface area contributed by atoms with Gasteiger partial charge in [-0.1, -0.05) is 6.92 Å². The van der Waals surface area contributed by atoms with Crippen molar-refractivity contribution in [1.29, 1.82) is 0 Å². The molecule has 0 radical (unpaired) electrons. The molecule has 1 saturated carbocycles. The zero-order chi connectivity index (χ0) is 12.5. The van der Waals surface area contributed by atoms with Gasteiger partial charge in [-0.15, -0.1) is 0 Å². The number of ether oxygens (including phenoxy) is 2. The van der Waals surface area contributed by atoms with Crippen LogP contribution >= 0.6 is 0 Å². The van der Waals surface area contributed by atoms with E-state index in [1.807, 2.05) is 0 Å². The number of nitrogens with zero attached hydrogens (tertiary/aromatic N) is 1. The Labute approximate surface area is 105 Å². The van der Waals surface area contributed by atoms with Crippen molar-refractivity contribution in [1.82, 2.24) is 4.90 Å². The van der Waals surface area contributed by atoms with Crippen LogP contribution < -0.4 is 0 Å². The number of hydrogen-bond donors (Lipinski definition) is 0. The first-order valence-corrected chi connectivity index (χ1v) is 7.01. The van der Waals surface area contributed by atoms with Crippen LogP contribution in [0.25, 0.3) is 0 Å². The Kier molecular flexibility index (Phi) is 3.81. The Morgan fingerprint density at radius 1 is 1.12 bits per heavy atom. The van der Waals surface area contributed by atoms with Crippen LogP contribution in [0.2, 0.25) is 0 Å². The van der Waals surface area contributed by atoms with E-state index in [0.29, 0.717) is 6.04 Å². The standard InChI is InChI=1S/C14H27NO2/c1-5-15(13(2,3)4)12-6-8-14(9-7-12)16-10-11-17-14/h12H,5-11H2,1-4H3. The van der Waals surface area contributed by atoms with Gasteiger partial charge in [-0.2, -0.15) is 0 Å². The minimum atomic E-state index is -0.214. The fourth-order valence-electron chi connectivity index (χ4n) is 3.42. The monoisotopic (exact) mass is 241 g/mol. The third-order valence-corrected chi connectivity index (χ3v) is 4.17. The Bertz CT molecular complexity index is 243. The van der Waals surface area contributed by atoms with Gasteiger partial charge in [0.05, 0.1) is 13.2 Å². The summed E-state index contributed by atoms with van der Waals surface area (Å²) in [6.45, 7) is 11.9. The Hall–Kier alpha value is -0.120. The quantitative estimate of drug-likeness (QED) is 0.742. The summed E-state index contributed by atoms with van der Waals surface area (Å²) < 4.78 is 11.6. The summed E-state index contributed by atoms with van der Waals surface area (Å²) in [5.41, 5.74) is 0.265. The van der Waals surface area contributed by atoms with Gasteiger partial charge in [0, 0.05) is 24.4 Å². The highest BCUT2D eigenvalue weighted by Gasteiger charge is 2.42. The molecule has 1 aliphatic carbocycles. The summed E-state index contributed by atoms with van der Waals surface area (Å²) in [5, 5.41) is 0. The van der Waals surface area contributed by atoms with E-state index in [-0.39, 0.29) is 11.3 Å². The fourth-order valence-corrected chi connectivity index (χ4v) is 3.42. The normalized spacial score (nSPS) is 25.9. The van der Waals surface area contributed by atoms with E-state index in [2.05, 4.69) is 32.6 Å². The molecule has 1 spiro atoms. The Balaban J connectivity index is 1.93. The average Bonchev–Trinajstić information content (AvgIpc) is 2.69. The van der Waals surface area contributed by atoms with Gasteiger partial charge in [-0.3, -0.25) is 4.90 Å². The van der Waals surface area contributed by atoms with Crippen molar-refractivity contribution in [3.8, 4) is 0 Å². The van der Waals surface area contributed by atoms with Crippen LogP contribution in [-0.4, -0.2) is 42.0 Å². The van der Waals surface area contributed by atoms with Crippen molar-refractivity contribution in [3.63, 3.8) is 0 Å². The second kappa shape index (κ2) is 4.87. The maximum atomic E-state index is 5.79.